The van der Waals surface area contributed by atoms with Crippen LogP contribution in [0.2, 0.25) is 0 Å². The number of rotatable bonds is 3. The molecule has 2 heterocycles. The van der Waals surface area contributed by atoms with E-state index in [1.54, 1.807) is 12.3 Å². The minimum Gasteiger partial charge on any atom is -0.481 e. The van der Waals surface area contributed by atoms with E-state index in [0.29, 0.717) is 24.8 Å². The van der Waals surface area contributed by atoms with Crippen LogP contribution in [-0.4, -0.2) is 43.8 Å². The van der Waals surface area contributed by atoms with Gasteiger partial charge in [-0.3, -0.25) is 0 Å². The summed E-state index contributed by atoms with van der Waals surface area (Å²) in [7, 11) is -1.99. The first-order valence-electron chi connectivity index (χ1n) is 5.64. The molecule has 100 valence electrons. The first kappa shape index (κ1) is 13.0. The van der Waals surface area contributed by atoms with Crippen LogP contribution in [0, 0.1) is 0 Å². The Morgan fingerprint density at radius 3 is 3.00 bits per heavy atom. The lowest BCUT2D eigenvalue weighted by molar-refractivity contribution is 0.396. The molecule has 1 fully saturated rings. The van der Waals surface area contributed by atoms with E-state index < -0.39 is 15.3 Å². The fourth-order valence-electron chi connectivity index (χ4n) is 1.99. The van der Waals surface area contributed by atoms with Crippen LogP contribution >= 0.6 is 0 Å². The number of primary sulfonamides is 1. The molecule has 18 heavy (non-hydrogen) atoms. The summed E-state index contributed by atoms with van der Waals surface area (Å²) in [5.41, 5.74) is 0. The maximum Gasteiger partial charge on any atom is 0.228 e. The fourth-order valence-corrected chi connectivity index (χ4v) is 2.87. The van der Waals surface area contributed by atoms with Crippen molar-refractivity contribution in [1.29, 1.82) is 0 Å². The van der Waals surface area contributed by atoms with Gasteiger partial charge in [-0.2, -0.15) is 4.98 Å². The highest BCUT2D eigenvalue weighted by atomic mass is 32.2. The topological polar surface area (TPSA) is 98.4 Å². The van der Waals surface area contributed by atoms with Crippen LogP contribution in [0.5, 0.6) is 5.88 Å². The highest BCUT2D eigenvalue weighted by molar-refractivity contribution is 7.89. The zero-order valence-electron chi connectivity index (χ0n) is 10.1. The van der Waals surface area contributed by atoms with Gasteiger partial charge in [-0.25, -0.2) is 18.5 Å². The van der Waals surface area contributed by atoms with Gasteiger partial charge in [0.05, 0.1) is 12.4 Å². The van der Waals surface area contributed by atoms with Crippen molar-refractivity contribution in [1.82, 2.24) is 9.97 Å². The Hall–Kier alpha value is -1.41. The van der Waals surface area contributed by atoms with Crippen molar-refractivity contribution < 1.29 is 13.2 Å². The van der Waals surface area contributed by atoms with Crippen LogP contribution in [-0.2, 0) is 10.0 Å². The largest absolute Gasteiger partial charge is 0.481 e. The van der Waals surface area contributed by atoms with Crippen molar-refractivity contribution >= 4 is 16.0 Å². The normalized spacial score (nSPS) is 20.8. The van der Waals surface area contributed by atoms with Gasteiger partial charge in [0, 0.05) is 25.4 Å². The molecule has 1 aliphatic rings. The zero-order valence-corrected chi connectivity index (χ0v) is 10.9. The zero-order chi connectivity index (χ0) is 13.2. The molecule has 1 aliphatic heterocycles. The van der Waals surface area contributed by atoms with Gasteiger partial charge >= 0.3 is 0 Å². The van der Waals surface area contributed by atoms with E-state index in [1.807, 2.05) is 4.90 Å². The number of methoxy groups -OCH3 is 1. The summed E-state index contributed by atoms with van der Waals surface area (Å²) in [6.45, 7) is 1.05. The van der Waals surface area contributed by atoms with Crippen molar-refractivity contribution in [2.75, 3.05) is 25.1 Å². The van der Waals surface area contributed by atoms with Gasteiger partial charge in [0.25, 0.3) is 0 Å². The van der Waals surface area contributed by atoms with E-state index in [2.05, 4.69) is 9.97 Å². The molecule has 1 aromatic heterocycles. The first-order valence-corrected chi connectivity index (χ1v) is 7.25. The van der Waals surface area contributed by atoms with Crippen molar-refractivity contribution in [3.8, 4) is 5.88 Å². The van der Waals surface area contributed by atoms with Crippen LogP contribution in [0.15, 0.2) is 12.3 Å². The second kappa shape index (κ2) is 5.07. The molecule has 7 nitrogen and oxygen atoms in total. The Morgan fingerprint density at radius 1 is 1.56 bits per heavy atom. The summed E-state index contributed by atoms with van der Waals surface area (Å²) < 4.78 is 27.8. The van der Waals surface area contributed by atoms with E-state index in [0.717, 1.165) is 13.0 Å². The predicted molar refractivity (Wildman–Crippen MR) is 66.9 cm³/mol. The van der Waals surface area contributed by atoms with E-state index in [-0.39, 0.29) is 0 Å². The monoisotopic (exact) mass is 272 g/mol. The molecule has 1 aromatic rings. The summed E-state index contributed by atoms with van der Waals surface area (Å²) in [6.07, 6.45) is 2.92. The molecule has 0 saturated carbocycles. The minimum absolute atomic E-state index is 0.325. The van der Waals surface area contributed by atoms with Crippen LogP contribution in [0.25, 0.3) is 0 Å². The van der Waals surface area contributed by atoms with Gasteiger partial charge in [0.1, 0.15) is 0 Å². The smallest absolute Gasteiger partial charge is 0.228 e. The third-order valence-electron chi connectivity index (χ3n) is 2.95. The molecule has 0 bridgehead atoms. The molecule has 2 rings (SSSR count). The number of hydrogen-bond donors (Lipinski definition) is 1. The summed E-state index contributed by atoms with van der Waals surface area (Å²) in [6, 6.07) is 1.64. The number of sulfonamides is 1. The number of nitrogens with two attached hydrogens (primary N) is 1. The predicted octanol–water partition coefficient (Wildman–Crippen LogP) is -0.257. The van der Waals surface area contributed by atoms with Gasteiger partial charge in [-0.1, -0.05) is 0 Å². The van der Waals surface area contributed by atoms with Gasteiger partial charge < -0.3 is 9.64 Å². The fraction of sp³-hybridized carbons (Fsp3) is 0.600. The number of anilines is 1. The van der Waals surface area contributed by atoms with Gasteiger partial charge in [0.15, 0.2) is 0 Å². The number of nitrogens with zero attached hydrogens (tertiary/aromatic N) is 3. The third-order valence-corrected chi connectivity index (χ3v) is 4.27. The molecular formula is C10H16N4O3S. The van der Waals surface area contributed by atoms with Gasteiger partial charge in [-0.15, -0.1) is 0 Å². The third kappa shape index (κ3) is 2.88. The lowest BCUT2D eigenvalue weighted by Crippen LogP contribution is -2.45. The molecule has 1 unspecified atom stereocenters. The van der Waals surface area contributed by atoms with E-state index >= 15 is 0 Å². The number of aromatic nitrogens is 2. The Kier molecular flexibility index (Phi) is 3.67. The molecule has 2 N–H and O–H groups in total. The van der Waals surface area contributed by atoms with E-state index in [1.165, 1.54) is 7.11 Å². The highest BCUT2D eigenvalue weighted by Gasteiger charge is 2.29. The van der Waals surface area contributed by atoms with Crippen molar-refractivity contribution in [3.05, 3.63) is 12.3 Å². The van der Waals surface area contributed by atoms with Crippen molar-refractivity contribution in [2.45, 2.75) is 18.1 Å². The van der Waals surface area contributed by atoms with Crippen LogP contribution < -0.4 is 14.8 Å². The maximum atomic E-state index is 11.4. The molecule has 1 atom stereocenters. The van der Waals surface area contributed by atoms with Gasteiger partial charge in [0.2, 0.25) is 21.9 Å². The number of piperidine rings is 1. The molecular weight excluding hydrogens is 256 g/mol. The molecule has 0 spiro atoms. The van der Waals surface area contributed by atoms with Crippen LogP contribution in [0.1, 0.15) is 12.8 Å². The standard InChI is InChI=1S/C10H16N4O3S/c1-17-9-4-5-12-10(13-9)14-6-2-3-8(7-14)18(11,15)16/h4-5,8H,2-3,6-7H2,1H3,(H2,11,15,16). The summed E-state index contributed by atoms with van der Waals surface area (Å²) in [5.74, 6) is 0.931. The Bertz CT molecular complexity index is 520. The Labute approximate surface area is 106 Å². The highest BCUT2D eigenvalue weighted by Crippen LogP contribution is 2.20. The molecule has 8 heteroatoms. The second-order valence-electron chi connectivity index (χ2n) is 4.20. The summed E-state index contributed by atoms with van der Waals surface area (Å²) in [5, 5.41) is 4.63. The minimum atomic E-state index is -3.51. The van der Waals surface area contributed by atoms with Crippen LogP contribution in [0.4, 0.5) is 5.95 Å². The first-order chi connectivity index (χ1) is 8.50. The lowest BCUT2D eigenvalue weighted by atomic mass is 10.1. The van der Waals surface area contributed by atoms with Gasteiger partial charge in [-0.05, 0) is 12.8 Å². The SMILES string of the molecule is COc1ccnc(N2CCCC(S(N)(=O)=O)C2)n1. The maximum absolute atomic E-state index is 11.4. The average Bonchev–Trinajstić information content (AvgIpc) is 2.38. The number of ether oxygens (including phenoxy) is 1. The molecule has 0 amide bonds. The van der Waals surface area contributed by atoms with Crippen LogP contribution in [0.3, 0.4) is 0 Å². The van der Waals surface area contributed by atoms with Crippen molar-refractivity contribution in [2.24, 2.45) is 5.14 Å². The van der Waals surface area contributed by atoms with E-state index in [4.69, 9.17) is 9.88 Å². The summed E-state index contributed by atoms with van der Waals surface area (Å²) >= 11 is 0. The molecule has 0 radical (unpaired) electrons. The van der Waals surface area contributed by atoms with E-state index in [9.17, 15) is 8.42 Å². The quantitative estimate of drug-likeness (QED) is 0.814. The Morgan fingerprint density at radius 2 is 2.33 bits per heavy atom. The summed E-state index contributed by atoms with van der Waals surface area (Å²) in [4.78, 5) is 10.1. The molecule has 0 aliphatic carbocycles. The molecule has 0 aromatic carbocycles. The second-order valence-corrected chi connectivity index (χ2v) is 6.04. The number of hydrogen-bond acceptors (Lipinski definition) is 6. The lowest BCUT2D eigenvalue weighted by Gasteiger charge is -2.31. The average molecular weight is 272 g/mol. The van der Waals surface area contributed by atoms with Crippen molar-refractivity contribution in [3.63, 3.8) is 0 Å². The Balaban J connectivity index is 2.18. The molecule has 1 saturated heterocycles.